The first kappa shape index (κ1) is 15.2. The van der Waals surface area contributed by atoms with Gasteiger partial charge in [-0.2, -0.15) is 4.31 Å². The third kappa shape index (κ3) is 2.80. The number of benzene rings is 1. The first-order chi connectivity index (χ1) is 9.93. The monoisotopic (exact) mass is 335 g/mol. The first-order valence-corrected chi connectivity index (χ1v) is 8.48. The molecule has 21 heavy (non-hydrogen) atoms. The zero-order chi connectivity index (χ0) is 15.1. The van der Waals surface area contributed by atoms with Crippen LogP contribution in [0.3, 0.4) is 0 Å². The zero-order valence-corrected chi connectivity index (χ0v) is 12.8. The zero-order valence-electron chi connectivity index (χ0n) is 11.2. The van der Waals surface area contributed by atoms with E-state index in [2.05, 4.69) is 0 Å². The summed E-state index contributed by atoms with van der Waals surface area (Å²) in [6.07, 6.45) is 0.915. The SMILES string of the molecule is O=S(=O)(c1cc(F)ccc1Cl)N1CCC2(CC1)OCCO2. The minimum atomic E-state index is -3.81. The largest absolute Gasteiger partial charge is 0.347 e. The number of hydrogen-bond donors (Lipinski definition) is 0. The molecule has 2 saturated heterocycles. The van der Waals surface area contributed by atoms with Gasteiger partial charge >= 0.3 is 0 Å². The van der Waals surface area contributed by atoms with Crippen LogP contribution in [0, 0.1) is 5.82 Å². The second-order valence-electron chi connectivity index (χ2n) is 5.09. The van der Waals surface area contributed by atoms with Crippen LogP contribution < -0.4 is 0 Å². The van der Waals surface area contributed by atoms with Crippen LogP contribution in [0.4, 0.5) is 4.39 Å². The second-order valence-corrected chi connectivity index (χ2v) is 7.40. The molecule has 1 spiro atoms. The van der Waals surface area contributed by atoms with Crippen molar-refractivity contribution in [2.75, 3.05) is 26.3 Å². The summed E-state index contributed by atoms with van der Waals surface area (Å²) in [4.78, 5) is -0.201. The Kier molecular flexibility index (Phi) is 3.96. The van der Waals surface area contributed by atoms with Crippen molar-refractivity contribution in [1.29, 1.82) is 0 Å². The maximum atomic E-state index is 13.3. The summed E-state index contributed by atoms with van der Waals surface area (Å²) in [7, 11) is -3.81. The van der Waals surface area contributed by atoms with Crippen molar-refractivity contribution < 1.29 is 22.3 Å². The van der Waals surface area contributed by atoms with E-state index in [0.29, 0.717) is 26.1 Å². The van der Waals surface area contributed by atoms with Gasteiger partial charge in [-0.05, 0) is 18.2 Å². The molecule has 0 aliphatic carbocycles. The van der Waals surface area contributed by atoms with E-state index >= 15 is 0 Å². The third-order valence-electron chi connectivity index (χ3n) is 3.81. The molecular weight excluding hydrogens is 321 g/mol. The maximum absolute atomic E-state index is 13.3. The molecule has 1 aromatic carbocycles. The number of sulfonamides is 1. The van der Waals surface area contributed by atoms with Crippen molar-refractivity contribution in [3.8, 4) is 0 Å². The van der Waals surface area contributed by atoms with Crippen molar-refractivity contribution in [1.82, 2.24) is 4.31 Å². The molecule has 0 amide bonds. The summed E-state index contributed by atoms with van der Waals surface area (Å²) in [6.45, 7) is 1.58. The molecule has 8 heteroatoms. The average Bonchev–Trinajstić information content (AvgIpc) is 2.90. The van der Waals surface area contributed by atoms with Gasteiger partial charge in [0.1, 0.15) is 10.7 Å². The van der Waals surface area contributed by atoms with Crippen molar-refractivity contribution in [2.45, 2.75) is 23.5 Å². The minimum Gasteiger partial charge on any atom is -0.347 e. The smallest absolute Gasteiger partial charge is 0.244 e. The average molecular weight is 336 g/mol. The van der Waals surface area contributed by atoms with Crippen LogP contribution in [0.5, 0.6) is 0 Å². The van der Waals surface area contributed by atoms with Crippen LogP contribution in [0.1, 0.15) is 12.8 Å². The molecule has 2 fully saturated rings. The second kappa shape index (κ2) is 5.48. The van der Waals surface area contributed by atoms with Gasteiger partial charge in [0.2, 0.25) is 10.0 Å². The van der Waals surface area contributed by atoms with Gasteiger partial charge in [-0.3, -0.25) is 0 Å². The van der Waals surface area contributed by atoms with Crippen LogP contribution in [-0.2, 0) is 19.5 Å². The Labute approximate surface area is 127 Å². The molecule has 1 aromatic rings. The first-order valence-electron chi connectivity index (χ1n) is 6.66. The molecule has 0 atom stereocenters. The Morgan fingerprint density at radius 3 is 2.43 bits per heavy atom. The Hall–Kier alpha value is -0.730. The summed E-state index contributed by atoms with van der Waals surface area (Å²) in [5.74, 6) is -1.29. The fraction of sp³-hybridized carbons (Fsp3) is 0.538. The van der Waals surface area contributed by atoms with E-state index in [9.17, 15) is 12.8 Å². The summed E-state index contributed by atoms with van der Waals surface area (Å²) in [6, 6.07) is 3.33. The molecule has 2 aliphatic rings. The van der Waals surface area contributed by atoms with Crippen LogP contribution in [0.2, 0.25) is 5.02 Å². The highest BCUT2D eigenvalue weighted by Gasteiger charge is 2.43. The highest BCUT2D eigenvalue weighted by Crippen LogP contribution is 2.34. The lowest BCUT2D eigenvalue weighted by molar-refractivity contribution is -0.179. The number of hydrogen-bond acceptors (Lipinski definition) is 4. The van der Waals surface area contributed by atoms with Gasteiger partial charge in [0.25, 0.3) is 0 Å². The summed E-state index contributed by atoms with van der Waals surface area (Å²) >= 11 is 5.90. The Bertz CT molecular complexity index is 636. The lowest BCUT2D eigenvalue weighted by Gasteiger charge is -2.36. The lowest BCUT2D eigenvalue weighted by atomic mass is 10.1. The molecule has 2 aliphatic heterocycles. The van der Waals surface area contributed by atoms with Gasteiger partial charge in [0, 0.05) is 25.9 Å². The Balaban J connectivity index is 1.82. The van der Waals surface area contributed by atoms with Crippen LogP contribution in [-0.4, -0.2) is 44.8 Å². The van der Waals surface area contributed by atoms with Gasteiger partial charge in [-0.25, -0.2) is 12.8 Å². The molecule has 0 radical (unpaired) electrons. The molecule has 0 N–H and O–H groups in total. The number of ether oxygens (including phenoxy) is 2. The summed E-state index contributed by atoms with van der Waals surface area (Å²) in [5, 5.41) is 0.0186. The molecule has 0 saturated carbocycles. The van der Waals surface area contributed by atoms with Crippen LogP contribution >= 0.6 is 11.6 Å². The van der Waals surface area contributed by atoms with Gasteiger partial charge in [0.05, 0.1) is 18.2 Å². The number of nitrogens with zero attached hydrogens (tertiary/aromatic N) is 1. The molecule has 5 nitrogen and oxygen atoms in total. The van der Waals surface area contributed by atoms with Crippen LogP contribution in [0.15, 0.2) is 23.1 Å². The molecule has 116 valence electrons. The van der Waals surface area contributed by atoms with Gasteiger partial charge in [0.15, 0.2) is 5.79 Å². The van der Waals surface area contributed by atoms with E-state index < -0.39 is 21.6 Å². The fourth-order valence-electron chi connectivity index (χ4n) is 2.67. The molecule has 0 unspecified atom stereocenters. The van der Waals surface area contributed by atoms with Gasteiger partial charge in [-0.15, -0.1) is 0 Å². The van der Waals surface area contributed by atoms with E-state index in [4.69, 9.17) is 21.1 Å². The predicted octanol–water partition coefficient (Wildman–Crippen LogP) is 2.01. The quantitative estimate of drug-likeness (QED) is 0.829. The third-order valence-corrected chi connectivity index (χ3v) is 6.19. The van der Waals surface area contributed by atoms with E-state index in [1.165, 1.54) is 10.4 Å². The Morgan fingerprint density at radius 2 is 1.81 bits per heavy atom. The van der Waals surface area contributed by atoms with Crippen molar-refractivity contribution in [3.05, 3.63) is 29.0 Å². The molecular formula is C13H15ClFNO4S. The molecule has 3 rings (SSSR count). The Morgan fingerprint density at radius 1 is 1.19 bits per heavy atom. The maximum Gasteiger partial charge on any atom is 0.244 e. The number of piperidine rings is 1. The fourth-order valence-corrected chi connectivity index (χ4v) is 4.59. The number of halogens is 2. The molecule has 2 heterocycles. The van der Waals surface area contributed by atoms with E-state index in [-0.39, 0.29) is 23.0 Å². The van der Waals surface area contributed by atoms with Crippen molar-refractivity contribution in [2.24, 2.45) is 0 Å². The molecule has 0 aromatic heterocycles. The molecule has 0 bridgehead atoms. The van der Waals surface area contributed by atoms with Crippen LogP contribution in [0.25, 0.3) is 0 Å². The highest BCUT2D eigenvalue weighted by atomic mass is 35.5. The predicted molar refractivity (Wildman–Crippen MR) is 74.0 cm³/mol. The summed E-state index contributed by atoms with van der Waals surface area (Å²) in [5.41, 5.74) is 0. The topological polar surface area (TPSA) is 55.8 Å². The highest BCUT2D eigenvalue weighted by molar-refractivity contribution is 7.89. The normalized spacial score (nSPS) is 22.8. The lowest BCUT2D eigenvalue weighted by Crippen LogP contribution is -2.47. The standard InChI is InChI=1S/C13H15ClFNO4S/c14-11-2-1-10(15)9-12(11)21(17,18)16-5-3-13(4-6-16)19-7-8-20-13/h1-2,9H,3-8H2. The van der Waals surface area contributed by atoms with Gasteiger partial charge < -0.3 is 9.47 Å². The summed E-state index contributed by atoms with van der Waals surface area (Å²) < 4.78 is 50.8. The van der Waals surface area contributed by atoms with Crippen molar-refractivity contribution >= 4 is 21.6 Å². The van der Waals surface area contributed by atoms with E-state index in [0.717, 1.165) is 12.1 Å². The van der Waals surface area contributed by atoms with E-state index in [1.54, 1.807) is 0 Å². The number of rotatable bonds is 2. The van der Waals surface area contributed by atoms with E-state index in [1.807, 2.05) is 0 Å². The van der Waals surface area contributed by atoms with Crippen molar-refractivity contribution in [3.63, 3.8) is 0 Å². The van der Waals surface area contributed by atoms with Gasteiger partial charge in [-0.1, -0.05) is 11.6 Å². The minimum absolute atomic E-state index is 0.0186.